The molecule has 0 bridgehead atoms. The van der Waals surface area contributed by atoms with Crippen LogP contribution >= 0.6 is 0 Å². The molecule has 116 valence electrons. The Hall–Kier alpha value is -1.40. The smallest absolute Gasteiger partial charge is 0.262 e. The van der Waals surface area contributed by atoms with Crippen molar-refractivity contribution in [1.82, 2.24) is 0 Å². The molecule has 1 aromatic rings. The van der Waals surface area contributed by atoms with E-state index in [-0.39, 0.29) is 5.91 Å². The van der Waals surface area contributed by atoms with Gasteiger partial charge in [-0.3, -0.25) is 4.79 Å². The summed E-state index contributed by atoms with van der Waals surface area (Å²) >= 11 is 0. The van der Waals surface area contributed by atoms with Crippen LogP contribution in [0.25, 0.3) is 0 Å². The second-order valence-electron chi connectivity index (χ2n) is 5.95. The molecule has 1 heterocycles. The van der Waals surface area contributed by atoms with E-state index < -0.39 is 15.1 Å². The molecule has 2 rings (SSSR count). The largest absolute Gasteiger partial charge is 0.380 e. The normalized spacial score (nSPS) is 24.4. The summed E-state index contributed by atoms with van der Waals surface area (Å²) in [4.78, 5) is 14.8. The zero-order valence-electron chi connectivity index (χ0n) is 13.0. The van der Waals surface area contributed by atoms with E-state index in [1.165, 1.54) is 6.26 Å². The van der Waals surface area contributed by atoms with E-state index in [9.17, 15) is 9.00 Å². The van der Waals surface area contributed by atoms with Crippen molar-refractivity contribution in [3.8, 4) is 0 Å². The Balaban J connectivity index is 2.30. The van der Waals surface area contributed by atoms with Gasteiger partial charge in [-0.2, -0.15) is 4.36 Å². The maximum Gasteiger partial charge on any atom is 0.262 e. The maximum atomic E-state index is 12.7. The lowest BCUT2D eigenvalue weighted by molar-refractivity contribution is -0.126. The Kier molecular flexibility index (Phi) is 4.39. The van der Waals surface area contributed by atoms with Gasteiger partial charge in [0.15, 0.2) is 0 Å². The predicted molar refractivity (Wildman–Crippen MR) is 84.1 cm³/mol. The Morgan fingerprint density at radius 3 is 2.43 bits per heavy atom. The fraction of sp³-hybridized carbons (Fsp3) is 0.533. The summed E-state index contributed by atoms with van der Waals surface area (Å²) in [5.74, 6) is -0.329. The average Bonchev–Trinajstić information content (AvgIpc) is 2.87. The lowest BCUT2D eigenvalue weighted by Crippen LogP contribution is -2.27. The van der Waals surface area contributed by atoms with E-state index >= 15 is 0 Å². The third-order valence-electron chi connectivity index (χ3n) is 3.78. The molecule has 1 amide bonds. The molecule has 0 aromatic heterocycles. The minimum absolute atomic E-state index is 0.329. The number of hydrogen-bond donors (Lipinski definition) is 0. The molecule has 1 aliphatic heterocycles. The van der Waals surface area contributed by atoms with Gasteiger partial charge in [-0.1, -0.05) is 0 Å². The fourth-order valence-electron chi connectivity index (χ4n) is 2.15. The number of carbonyl (C=O) groups is 1. The first-order valence-corrected chi connectivity index (χ1v) is 8.79. The Bertz CT molecular complexity index is 637. The summed E-state index contributed by atoms with van der Waals surface area (Å²) < 4.78 is 22.0. The highest BCUT2D eigenvalue weighted by Gasteiger charge is 2.38. The highest BCUT2D eigenvalue weighted by atomic mass is 32.2. The number of amides is 1. The van der Waals surface area contributed by atoms with Crippen molar-refractivity contribution in [3.05, 3.63) is 24.3 Å². The summed E-state index contributed by atoms with van der Waals surface area (Å²) in [6.07, 6.45) is 2.14. The number of anilines is 1. The highest BCUT2D eigenvalue weighted by molar-refractivity contribution is 7.93. The minimum atomic E-state index is -2.73. The molecule has 21 heavy (non-hydrogen) atoms. The number of benzene rings is 1. The van der Waals surface area contributed by atoms with Gasteiger partial charge in [-0.25, -0.2) is 4.21 Å². The van der Waals surface area contributed by atoms with Crippen molar-refractivity contribution in [2.75, 3.05) is 38.5 Å². The molecule has 0 saturated carbocycles. The van der Waals surface area contributed by atoms with Crippen LogP contribution in [-0.4, -0.2) is 43.7 Å². The molecule has 6 heteroatoms. The van der Waals surface area contributed by atoms with Crippen LogP contribution in [0.2, 0.25) is 0 Å². The summed E-state index contributed by atoms with van der Waals surface area (Å²) in [6, 6.07) is 7.28. The van der Waals surface area contributed by atoms with Crippen LogP contribution < -0.4 is 4.90 Å². The molecule has 1 saturated heterocycles. The number of nitrogens with zero attached hydrogens (tertiary/aromatic N) is 2. The SMILES string of the molecule is CN(C)c1ccc([S@@](C)(=O)=NC(=O)[C@]2(C)CCOC2)cc1. The first kappa shape index (κ1) is 16.0. The van der Waals surface area contributed by atoms with E-state index in [4.69, 9.17) is 4.74 Å². The molecule has 5 nitrogen and oxygen atoms in total. The molecule has 0 spiro atoms. The molecule has 2 atom stereocenters. The van der Waals surface area contributed by atoms with Gasteiger partial charge in [0.2, 0.25) is 0 Å². The van der Waals surface area contributed by atoms with Gasteiger partial charge in [0.25, 0.3) is 5.91 Å². The van der Waals surface area contributed by atoms with Gasteiger partial charge in [0.05, 0.1) is 21.8 Å². The molecule has 0 radical (unpaired) electrons. The topological polar surface area (TPSA) is 59.0 Å². The lowest BCUT2D eigenvalue weighted by atomic mass is 9.89. The summed E-state index contributed by atoms with van der Waals surface area (Å²) in [7, 11) is 1.15. The van der Waals surface area contributed by atoms with Crippen molar-refractivity contribution in [2.45, 2.75) is 18.2 Å². The number of rotatable bonds is 3. The Labute approximate surface area is 126 Å². The van der Waals surface area contributed by atoms with Crippen LogP contribution in [0.5, 0.6) is 0 Å². The molecule has 0 N–H and O–H groups in total. The first-order chi connectivity index (χ1) is 9.74. The average molecular weight is 310 g/mol. The van der Waals surface area contributed by atoms with Gasteiger partial charge in [0.1, 0.15) is 0 Å². The first-order valence-electron chi connectivity index (χ1n) is 6.86. The zero-order chi connectivity index (χ0) is 15.7. The van der Waals surface area contributed by atoms with E-state index in [0.717, 1.165) is 5.69 Å². The number of carbonyl (C=O) groups excluding carboxylic acids is 1. The van der Waals surface area contributed by atoms with Crippen LogP contribution in [-0.2, 0) is 19.3 Å². The predicted octanol–water partition coefficient (Wildman–Crippen LogP) is 2.16. The van der Waals surface area contributed by atoms with Crippen molar-refractivity contribution in [1.29, 1.82) is 0 Å². The van der Waals surface area contributed by atoms with Crippen LogP contribution in [0.15, 0.2) is 33.5 Å². The Morgan fingerprint density at radius 1 is 1.33 bits per heavy atom. The quantitative estimate of drug-likeness (QED) is 0.858. The van der Waals surface area contributed by atoms with Crippen LogP contribution in [0.1, 0.15) is 13.3 Å². The minimum Gasteiger partial charge on any atom is -0.380 e. The number of hydrogen-bond acceptors (Lipinski definition) is 4. The molecule has 0 aliphatic carbocycles. The second kappa shape index (κ2) is 5.77. The molecule has 1 fully saturated rings. The lowest BCUT2D eigenvalue weighted by Gasteiger charge is -2.17. The summed E-state index contributed by atoms with van der Waals surface area (Å²) in [5, 5.41) is 0. The van der Waals surface area contributed by atoms with E-state index in [0.29, 0.717) is 24.5 Å². The summed E-state index contributed by atoms with van der Waals surface area (Å²) in [5.41, 5.74) is 0.374. The number of ether oxygens (including phenoxy) is 1. The molecule has 1 aliphatic rings. The van der Waals surface area contributed by atoms with Gasteiger partial charge >= 0.3 is 0 Å². The van der Waals surface area contributed by atoms with E-state index in [2.05, 4.69) is 4.36 Å². The molecular formula is C15H22N2O3S. The third-order valence-corrected chi connectivity index (χ3v) is 5.44. The van der Waals surface area contributed by atoms with Crippen molar-refractivity contribution < 1.29 is 13.7 Å². The van der Waals surface area contributed by atoms with Gasteiger partial charge in [-0.15, -0.1) is 0 Å². The van der Waals surface area contributed by atoms with Crippen LogP contribution in [0.4, 0.5) is 5.69 Å². The van der Waals surface area contributed by atoms with Gasteiger partial charge in [0, 0.05) is 37.5 Å². The van der Waals surface area contributed by atoms with E-state index in [1.54, 1.807) is 12.1 Å². The van der Waals surface area contributed by atoms with Crippen molar-refractivity contribution in [2.24, 2.45) is 9.78 Å². The Morgan fingerprint density at radius 2 is 1.95 bits per heavy atom. The van der Waals surface area contributed by atoms with Crippen molar-refractivity contribution >= 4 is 21.3 Å². The standard InChI is InChI=1S/C15H22N2O3S/c1-15(9-10-20-11-15)14(18)16-21(4,19)13-7-5-12(6-8-13)17(2)3/h5-8H,9-11H2,1-4H3/t15-,21-/m1/s1. The maximum absolute atomic E-state index is 12.7. The third kappa shape index (κ3) is 3.44. The molecular weight excluding hydrogens is 288 g/mol. The van der Waals surface area contributed by atoms with Crippen LogP contribution in [0.3, 0.4) is 0 Å². The molecule has 1 aromatic carbocycles. The van der Waals surface area contributed by atoms with Gasteiger partial charge in [-0.05, 0) is 37.6 Å². The van der Waals surface area contributed by atoms with Gasteiger partial charge < -0.3 is 9.64 Å². The van der Waals surface area contributed by atoms with Crippen molar-refractivity contribution in [3.63, 3.8) is 0 Å². The summed E-state index contributed by atoms with van der Waals surface area (Å²) in [6.45, 7) is 2.72. The fourth-order valence-corrected chi connectivity index (χ4v) is 3.44. The van der Waals surface area contributed by atoms with Crippen LogP contribution in [0, 0.1) is 5.41 Å². The second-order valence-corrected chi connectivity index (χ2v) is 8.21. The molecule has 0 unspecified atom stereocenters. The zero-order valence-corrected chi connectivity index (χ0v) is 13.8. The monoisotopic (exact) mass is 310 g/mol. The highest BCUT2D eigenvalue weighted by Crippen LogP contribution is 2.30. The van der Waals surface area contributed by atoms with E-state index in [1.807, 2.05) is 38.1 Å².